The number of benzene rings is 2. The average molecular weight is 370 g/mol. The lowest BCUT2D eigenvalue weighted by Crippen LogP contribution is -2.19. The zero-order valence-electron chi connectivity index (χ0n) is 16.0. The molecule has 0 aliphatic rings. The number of carbonyl (C=O) groups is 1. The van der Waals surface area contributed by atoms with Crippen LogP contribution in [0.5, 0.6) is 17.2 Å². The lowest BCUT2D eigenvalue weighted by molar-refractivity contribution is -0.120. The fourth-order valence-corrected chi connectivity index (χ4v) is 2.42. The van der Waals surface area contributed by atoms with Crippen molar-refractivity contribution in [1.29, 1.82) is 0 Å². The Balaban J connectivity index is 1.91. The van der Waals surface area contributed by atoms with Crippen molar-refractivity contribution in [2.45, 2.75) is 27.2 Å². The van der Waals surface area contributed by atoms with E-state index in [1.54, 1.807) is 6.21 Å². The van der Waals surface area contributed by atoms with Crippen LogP contribution in [0, 0.1) is 0 Å². The van der Waals surface area contributed by atoms with Gasteiger partial charge in [0.1, 0.15) is 5.75 Å². The van der Waals surface area contributed by atoms with Gasteiger partial charge in [-0.2, -0.15) is 5.10 Å². The van der Waals surface area contributed by atoms with Crippen molar-refractivity contribution < 1.29 is 19.0 Å². The first kappa shape index (κ1) is 20.3. The molecule has 2 rings (SSSR count). The van der Waals surface area contributed by atoms with Crippen LogP contribution in [0.25, 0.3) is 0 Å². The van der Waals surface area contributed by atoms with Crippen LogP contribution in [0.4, 0.5) is 0 Å². The number of carbonyl (C=O) groups excluding carboxylic acids is 1. The Morgan fingerprint density at radius 1 is 0.926 bits per heavy atom. The lowest BCUT2D eigenvalue weighted by Gasteiger charge is -2.11. The van der Waals surface area contributed by atoms with E-state index in [4.69, 9.17) is 14.2 Å². The van der Waals surface area contributed by atoms with Crippen molar-refractivity contribution >= 4 is 12.1 Å². The smallest absolute Gasteiger partial charge is 0.244 e. The summed E-state index contributed by atoms with van der Waals surface area (Å²) in [6.07, 6.45) is 1.82. The molecule has 0 aliphatic heterocycles. The van der Waals surface area contributed by atoms with Gasteiger partial charge in [0.05, 0.1) is 32.5 Å². The van der Waals surface area contributed by atoms with Gasteiger partial charge in [-0.3, -0.25) is 4.79 Å². The van der Waals surface area contributed by atoms with E-state index in [0.29, 0.717) is 31.3 Å². The maximum Gasteiger partial charge on any atom is 0.244 e. The first-order valence-corrected chi connectivity index (χ1v) is 9.09. The Kier molecular flexibility index (Phi) is 8.16. The van der Waals surface area contributed by atoms with Gasteiger partial charge in [-0.1, -0.05) is 12.1 Å². The van der Waals surface area contributed by atoms with Crippen LogP contribution in [0.2, 0.25) is 0 Å². The standard InChI is InChI=1S/C21H26N2O4/c1-4-25-18-10-7-16(8-11-18)14-21(24)23-22-15-17-9-12-19(26-5-2)20(13-17)27-6-3/h7-13,15H,4-6,14H2,1-3H3,(H,23,24)/b22-15+. The number of hydrazone groups is 1. The predicted molar refractivity (Wildman–Crippen MR) is 106 cm³/mol. The van der Waals surface area contributed by atoms with E-state index in [-0.39, 0.29) is 12.3 Å². The normalized spacial score (nSPS) is 10.6. The Hall–Kier alpha value is -3.02. The molecule has 0 aliphatic carbocycles. The SMILES string of the molecule is CCOc1ccc(CC(=O)N/N=C/c2ccc(OCC)c(OCC)c2)cc1. The molecule has 6 heteroatoms. The molecule has 2 aromatic rings. The number of ether oxygens (including phenoxy) is 3. The van der Waals surface area contributed by atoms with E-state index in [1.165, 1.54) is 0 Å². The number of nitrogens with one attached hydrogen (secondary N) is 1. The number of nitrogens with zero attached hydrogens (tertiary/aromatic N) is 1. The van der Waals surface area contributed by atoms with Gasteiger partial charge in [-0.25, -0.2) is 5.43 Å². The highest BCUT2D eigenvalue weighted by atomic mass is 16.5. The van der Waals surface area contributed by atoms with Crippen molar-refractivity contribution in [2.75, 3.05) is 19.8 Å². The number of amides is 1. The van der Waals surface area contributed by atoms with Gasteiger partial charge < -0.3 is 14.2 Å². The van der Waals surface area contributed by atoms with E-state index in [9.17, 15) is 4.79 Å². The first-order valence-electron chi connectivity index (χ1n) is 9.09. The fourth-order valence-electron chi connectivity index (χ4n) is 2.42. The summed E-state index contributed by atoms with van der Waals surface area (Å²) >= 11 is 0. The molecule has 0 heterocycles. The monoisotopic (exact) mass is 370 g/mol. The zero-order valence-corrected chi connectivity index (χ0v) is 16.0. The van der Waals surface area contributed by atoms with E-state index in [2.05, 4.69) is 10.5 Å². The second kappa shape index (κ2) is 10.9. The van der Waals surface area contributed by atoms with Crippen LogP contribution in [0.15, 0.2) is 47.6 Å². The fraction of sp³-hybridized carbons (Fsp3) is 0.333. The summed E-state index contributed by atoms with van der Waals surface area (Å²) < 4.78 is 16.5. The minimum absolute atomic E-state index is 0.189. The quantitative estimate of drug-likeness (QED) is 0.513. The maximum absolute atomic E-state index is 12.0. The van der Waals surface area contributed by atoms with Gasteiger partial charge >= 0.3 is 0 Å². The van der Waals surface area contributed by atoms with Crippen LogP contribution in [0.1, 0.15) is 31.9 Å². The molecular formula is C21H26N2O4. The molecule has 0 saturated carbocycles. The van der Waals surface area contributed by atoms with Gasteiger partial charge in [-0.05, 0) is 62.2 Å². The molecule has 0 aromatic heterocycles. The molecule has 144 valence electrons. The summed E-state index contributed by atoms with van der Waals surface area (Å²) in [7, 11) is 0. The van der Waals surface area contributed by atoms with Gasteiger partial charge in [-0.15, -0.1) is 0 Å². The molecule has 0 fully saturated rings. The third kappa shape index (κ3) is 6.66. The highest BCUT2D eigenvalue weighted by molar-refractivity contribution is 5.84. The van der Waals surface area contributed by atoms with Crippen LogP contribution in [-0.2, 0) is 11.2 Å². The summed E-state index contributed by atoms with van der Waals surface area (Å²) in [4.78, 5) is 12.0. The third-order valence-electron chi connectivity index (χ3n) is 3.57. The van der Waals surface area contributed by atoms with E-state index >= 15 is 0 Å². The molecule has 1 N–H and O–H groups in total. The summed E-state index contributed by atoms with van der Waals surface area (Å²) in [5.74, 6) is 1.95. The molecule has 0 unspecified atom stereocenters. The summed E-state index contributed by atoms with van der Waals surface area (Å²) in [5, 5.41) is 4.02. The number of rotatable bonds is 10. The molecule has 0 atom stereocenters. The van der Waals surface area contributed by atoms with E-state index < -0.39 is 0 Å². The summed E-state index contributed by atoms with van der Waals surface area (Å²) in [5.41, 5.74) is 4.24. The molecule has 27 heavy (non-hydrogen) atoms. The second-order valence-corrected chi connectivity index (χ2v) is 5.62. The first-order chi connectivity index (χ1) is 13.2. The zero-order chi connectivity index (χ0) is 19.5. The average Bonchev–Trinajstić information content (AvgIpc) is 2.66. The minimum Gasteiger partial charge on any atom is -0.494 e. The Morgan fingerprint density at radius 2 is 1.59 bits per heavy atom. The second-order valence-electron chi connectivity index (χ2n) is 5.62. The molecule has 6 nitrogen and oxygen atoms in total. The molecule has 0 radical (unpaired) electrons. The largest absolute Gasteiger partial charge is 0.494 e. The van der Waals surface area contributed by atoms with Crippen molar-refractivity contribution in [2.24, 2.45) is 5.10 Å². The van der Waals surface area contributed by atoms with Gasteiger partial charge in [0.2, 0.25) is 5.91 Å². The van der Waals surface area contributed by atoms with Crippen LogP contribution in [-0.4, -0.2) is 31.9 Å². The number of hydrogen-bond acceptors (Lipinski definition) is 5. The highest BCUT2D eigenvalue weighted by Gasteiger charge is 2.06. The Morgan fingerprint density at radius 3 is 2.26 bits per heavy atom. The van der Waals surface area contributed by atoms with Crippen molar-refractivity contribution in [1.82, 2.24) is 5.43 Å². The van der Waals surface area contributed by atoms with Gasteiger partial charge in [0.15, 0.2) is 11.5 Å². The Bertz CT molecular complexity index is 757. The molecule has 2 aromatic carbocycles. The van der Waals surface area contributed by atoms with E-state index in [0.717, 1.165) is 16.9 Å². The molecule has 1 amide bonds. The topological polar surface area (TPSA) is 69.2 Å². The van der Waals surface area contributed by atoms with E-state index in [1.807, 2.05) is 63.2 Å². The maximum atomic E-state index is 12.0. The summed E-state index contributed by atoms with van der Waals surface area (Å²) in [6.45, 7) is 7.49. The van der Waals surface area contributed by atoms with Crippen LogP contribution in [0.3, 0.4) is 0 Å². The van der Waals surface area contributed by atoms with Gasteiger partial charge in [0, 0.05) is 0 Å². The minimum atomic E-state index is -0.189. The lowest BCUT2D eigenvalue weighted by atomic mass is 10.1. The van der Waals surface area contributed by atoms with Crippen LogP contribution < -0.4 is 19.6 Å². The van der Waals surface area contributed by atoms with Gasteiger partial charge in [0.25, 0.3) is 0 Å². The molecule has 0 saturated heterocycles. The summed E-state index contributed by atoms with van der Waals surface area (Å²) in [6, 6.07) is 13.0. The van der Waals surface area contributed by atoms with Crippen LogP contribution >= 0.6 is 0 Å². The molecule has 0 spiro atoms. The number of hydrogen-bond donors (Lipinski definition) is 1. The highest BCUT2D eigenvalue weighted by Crippen LogP contribution is 2.27. The van der Waals surface area contributed by atoms with Crippen molar-refractivity contribution in [3.63, 3.8) is 0 Å². The predicted octanol–water partition coefficient (Wildman–Crippen LogP) is 3.58. The van der Waals surface area contributed by atoms with Crippen molar-refractivity contribution in [3.05, 3.63) is 53.6 Å². The molecule has 0 bridgehead atoms. The molecular weight excluding hydrogens is 344 g/mol. The van der Waals surface area contributed by atoms with Crippen molar-refractivity contribution in [3.8, 4) is 17.2 Å². The third-order valence-corrected chi connectivity index (χ3v) is 3.57. The Labute approximate surface area is 160 Å².